The van der Waals surface area contributed by atoms with Gasteiger partial charge in [-0.2, -0.15) is 0 Å². The van der Waals surface area contributed by atoms with Gasteiger partial charge in [0.1, 0.15) is 0 Å². The summed E-state index contributed by atoms with van der Waals surface area (Å²) in [6.07, 6.45) is 1.06. The molecule has 1 aromatic carbocycles. The summed E-state index contributed by atoms with van der Waals surface area (Å²) in [5.41, 5.74) is 0.911. The van der Waals surface area contributed by atoms with E-state index in [1.165, 1.54) is 0 Å². The highest BCUT2D eigenvalue weighted by Gasteiger charge is 2.35. The topological polar surface area (TPSA) is 120 Å². The van der Waals surface area contributed by atoms with Crippen LogP contribution in [0.3, 0.4) is 0 Å². The molecule has 3 rings (SSSR count). The molecule has 0 saturated carbocycles. The quantitative estimate of drug-likeness (QED) is 0.408. The van der Waals surface area contributed by atoms with Gasteiger partial charge < -0.3 is 26.4 Å². The van der Waals surface area contributed by atoms with E-state index in [1.54, 1.807) is 0 Å². The Morgan fingerprint density at radius 2 is 1.96 bits per heavy atom. The Morgan fingerprint density at radius 3 is 2.61 bits per heavy atom. The van der Waals surface area contributed by atoms with Crippen LogP contribution in [0.25, 0.3) is 0 Å². The molecule has 8 heteroatoms. The normalized spacial score (nSPS) is 23.7. The van der Waals surface area contributed by atoms with Gasteiger partial charge in [0.15, 0.2) is 6.10 Å². The number of benzene rings is 1. The Balaban J connectivity index is 1.62. The van der Waals surface area contributed by atoms with Crippen molar-refractivity contribution in [1.29, 1.82) is 0 Å². The summed E-state index contributed by atoms with van der Waals surface area (Å²) in [7, 11) is 0. The van der Waals surface area contributed by atoms with Crippen molar-refractivity contribution in [3.05, 3.63) is 35.9 Å². The molecule has 1 aromatic rings. The highest BCUT2D eigenvalue weighted by Crippen LogP contribution is 2.19. The van der Waals surface area contributed by atoms with E-state index in [9.17, 15) is 19.5 Å². The van der Waals surface area contributed by atoms with Gasteiger partial charge >= 0.3 is 0 Å². The molecule has 0 spiro atoms. The molecule has 1 unspecified atom stereocenters. The van der Waals surface area contributed by atoms with Crippen LogP contribution in [0.4, 0.5) is 0 Å². The summed E-state index contributed by atoms with van der Waals surface area (Å²) in [4.78, 5) is 36.9. The van der Waals surface area contributed by atoms with Crippen LogP contribution >= 0.6 is 0 Å². The Kier molecular flexibility index (Phi) is 7.00. The van der Waals surface area contributed by atoms with Gasteiger partial charge in [-0.1, -0.05) is 30.3 Å². The van der Waals surface area contributed by atoms with E-state index in [4.69, 9.17) is 0 Å². The molecular weight excluding hydrogens is 360 g/mol. The number of hydrogen-bond acceptors (Lipinski definition) is 5. The maximum absolute atomic E-state index is 12.5. The minimum Gasteiger partial charge on any atom is -0.381 e. The summed E-state index contributed by atoms with van der Waals surface area (Å²) in [6, 6.07) is 8.23. The van der Waals surface area contributed by atoms with Gasteiger partial charge in [0.05, 0.1) is 12.1 Å². The molecule has 0 bridgehead atoms. The Morgan fingerprint density at radius 1 is 1.18 bits per heavy atom. The number of amides is 3. The van der Waals surface area contributed by atoms with Crippen molar-refractivity contribution in [2.45, 2.75) is 50.4 Å². The Labute approximate surface area is 164 Å². The first kappa shape index (κ1) is 20.3. The zero-order chi connectivity index (χ0) is 19.9. The van der Waals surface area contributed by atoms with E-state index in [0.717, 1.165) is 24.9 Å². The van der Waals surface area contributed by atoms with Crippen molar-refractivity contribution in [3.8, 4) is 0 Å². The molecule has 3 amide bonds. The Bertz CT molecular complexity index is 691. The average molecular weight is 388 g/mol. The van der Waals surface area contributed by atoms with Crippen molar-refractivity contribution in [3.63, 3.8) is 0 Å². The van der Waals surface area contributed by atoms with E-state index in [-0.39, 0.29) is 36.7 Å². The van der Waals surface area contributed by atoms with Crippen LogP contribution < -0.4 is 21.3 Å². The average Bonchev–Trinajstić information content (AvgIpc) is 3.38. The highest BCUT2D eigenvalue weighted by atomic mass is 16.3. The second kappa shape index (κ2) is 9.66. The van der Waals surface area contributed by atoms with Gasteiger partial charge in [-0.25, -0.2) is 0 Å². The molecule has 0 aliphatic carbocycles. The molecule has 8 nitrogen and oxygen atoms in total. The zero-order valence-electron chi connectivity index (χ0n) is 15.8. The highest BCUT2D eigenvalue weighted by molar-refractivity contribution is 5.86. The van der Waals surface area contributed by atoms with Gasteiger partial charge in [-0.15, -0.1) is 0 Å². The van der Waals surface area contributed by atoms with Gasteiger partial charge in [-0.05, 0) is 37.8 Å². The number of aliphatic hydroxyl groups excluding tert-OH is 1. The summed E-state index contributed by atoms with van der Waals surface area (Å²) in [5, 5.41) is 22.0. The van der Waals surface area contributed by atoms with Crippen LogP contribution in [0.1, 0.15) is 31.2 Å². The van der Waals surface area contributed by atoms with Crippen LogP contribution in [-0.2, 0) is 20.9 Å². The van der Waals surface area contributed by atoms with Crippen LogP contribution in [0.5, 0.6) is 0 Å². The fraction of sp³-hybridized carbons (Fsp3) is 0.550. The van der Waals surface area contributed by atoms with Gasteiger partial charge in [0.25, 0.3) is 5.91 Å². The lowest BCUT2D eigenvalue weighted by atomic mass is 9.94. The van der Waals surface area contributed by atoms with Crippen LogP contribution in [-0.4, -0.2) is 54.1 Å². The molecule has 2 aliphatic heterocycles. The molecule has 4 atom stereocenters. The molecule has 2 heterocycles. The number of rotatable bonds is 8. The summed E-state index contributed by atoms with van der Waals surface area (Å²) in [6.45, 7) is 1.63. The van der Waals surface area contributed by atoms with Crippen molar-refractivity contribution >= 4 is 17.7 Å². The SMILES string of the molecule is O=C(NCc1ccccc1)C(O)[C@H](C[C@@H]1CCNC1=O)NC(=O)[C@@H]1CCCN1. The lowest BCUT2D eigenvalue weighted by molar-refractivity contribution is -0.134. The first-order valence-corrected chi connectivity index (χ1v) is 9.86. The van der Waals surface area contributed by atoms with E-state index < -0.39 is 18.1 Å². The van der Waals surface area contributed by atoms with Crippen LogP contribution in [0.2, 0.25) is 0 Å². The second-order valence-electron chi connectivity index (χ2n) is 7.42. The molecule has 2 saturated heterocycles. The van der Waals surface area contributed by atoms with Gasteiger partial charge in [0, 0.05) is 19.0 Å². The minimum atomic E-state index is -1.43. The van der Waals surface area contributed by atoms with E-state index >= 15 is 0 Å². The van der Waals surface area contributed by atoms with Crippen LogP contribution in [0.15, 0.2) is 30.3 Å². The molecule has 2 fully saturated rings. The summed E-state index contributed by atoms with van der Waals surface area (Å²) < 4.78 is 0. The van der Waals surface area contributed by atoms with Crippen molar-refractivity contribution < 1.29 is 19.5 Å². The standard InChI is InChI=1S/C20H28N4O4/c25-17(20(28)23-12-13-5-2-1-3-6-13)16(11-14-8-10-22-18(14)26)24-19(27)15-7-4-9-21-15/h1-3,5-6,14-17,21,25H,4,7-12H2,(H,22,26)(H,23,28)(H,24,27)/t14-,15-,16-,17?/m0/s1. The van der Waals surface area contributed by atoms with Gasteiger partial charge in [-0.3, -0.25) is 14.4 Å². The molecule has 0 radical (unpaired) electrons. The lowest BCUT2D eigenvalue weighted by Gasteiger charge is -2.26. The van der Waals surface area contributed by atoms with E-state index in [2.05, 4.69) is 21.3 Å². The molecule has 152 valence electrons. The number of hydrogen-bond donors (Lipinski definition) is 5. The molecule has 5 N–H and O–H groups in total. The first-order valence-electron chi connectivity index (χ1n) is 9.86. The second-order valence-corrected chi connectivity index (χ2v) is 7.42. The number of carbonyl (C=O) groups excluding carboxylic acids is 3. The largest absolute Gasteiger partial charge is 0.381 e. The smallest absolute Gasteiger partial charge is 0.251 e. The molecule has 28 heavy (non-hydrogen) atoms. The third-order valence-corrected chi connectivity index (χ3v) is 5.37. The lowest BCUT2D eigenvalue weighted by Crippen LogP contribution is -2.54. The number of aliphatic hydroxyl groups is 1. The van der Waals surface area contributed by atoms with Crippen molar-refractivity contribution in [2.75, 3.05) is 13.1 Å². The summed E-state index contributed by atoms with van der Waals surface area (Å²) in [5.74, 6) is -1.23. The fourth-order valence-corrected chi connectivity index (χ4v) is 3.71. The zero-order valence-corrected chi connectivity index (χ0v) is 15.8. The first-order chi connectivity index (χ1) is 13.5. The van der Waals surface area contributed by atoms with E-state index in [1.807, 2.05) is 30.3 Å². The predicted molar refractivity (Wildman–Crippen MR) is 103 cm³/mol. The summed E-state index contributed by atoms with van der Waals surface area (Å²) >= 11 is 0. The number of carbonyl (C=O) groups is 3. The van der Waals surface area contributed by atoms with Gasteiger partial charge in [0.2, 0.25) is 11.8 Å². The number of nitrogens with one attached hydrogen (secondary N) is 4. The third-order valence-electron chi connectivity index (χ3n) is 5.37. The molecule has 0 aromatic heterocycles. The minimum absolute atomic E-state index is 0.102. The maximum atomic E-state index is 12.5. The Hall–Kier alpha value is -2.45. The predicted octanol–water partition coefficient (Wildman–Crippen LogP) is -0.573. The van der Waals surface area contributed by atoms with Crippen LogP contribution in [0, 0.1) is 5.92 Å². The molecular formula is C20H28N4O4. The van der Waals surface area contributed by atoms with Crippen molar-refractivity contribution in [2.24, 2.45) is 5.92 Å². The molecule has 2 aliphatic rings. The maximum Gasteiger partial charge on any atom is 0.251 e. The van der Waals surface area contributed by atoms with Crippen molar-refractivity contribution in [1.82, 2.24) is 21.3 Å². The van der Waals surface area contributed by atoms with E-state index in [0.29, 0.717) is 13.0 Å². The third kappa shape index (κ3) is 5.30. The monoisotopic (exact) mass is 388 g/mol. The fourth-order valence-electron chi connectivity index (χ4n) is 3.71.